The van der Waals surface area contributed by atoms with E-state index in [1.165, 1.54) is 0 Å². The Morgan fingerprint density at radius 2 is 2.14 bits per heavy atom. The van der Waals surface area contributed by atoms with Gasteiger partial charge in [0, 0.05) is 13.1 Å². The number of nitriles is 1. The molecule has 0 atom stereocenters. The molecular weight excluding hydrogens is 270 g/mol. The summed E-state index contributed by atoms with van der Waals surface area (Å²) in [5, 5.41) is 8.96. The molecule has 1 aromatic rings. The zero-order chi connectivity index (χ0) is 15.6. The van der Waals surface area contributed by atoms with E-state index in [0.717, 1.165) is 0 Å². The van der Waals surface area contributed by atoms with Crippen LogP contribution in [0, 0.1) is 11.3 Å². The fraction of sp³-hybridized carbons (Fsp3) is 0.500. The first-order valence-corrected chi connectivity index (χ1v) is 6.69. The number of nitrogen functional groups attached to an aromatic ring is 1. The van der Waals surface area contributed by atoms with Gasteiger partial charge in [-0.15, -0.1) is 0 Å². The summed E-state index contributed by atoms with van der Waals surface area (Å²) >= 11 is 0. The van der Waals surface area contributed by atoms with Crippen LogP contribution in [0.15, 0.2) is 12.1 Å². The van der Waals surface area contributed by atoms with Crippen molar-refractivity contribution in [3.63, 3.8) is 0 Å². The number of anilines is 2. The van der Waals surface area contributed by atoms with Gasteiger partial charge in [0.05, 0.1) is 12.4 Å². The number of hydrogen-bond acceptors (Lipinski definition) is 6. The highest BCUT2D eigenvalue weighted by Gasteiger charge is 2.29. The molecule has 1 aromatic heterocycles. The van der Waals surface area contributed by atoms with Crippen LogP contribution in [0.1, 0.15) is 26.5 Å². The Bertz CT molecular complexity index is 588. The molecule has 1 saturated heterocycles. The average molecular weight is 289 g/mol. The number of pyridine rings is 1. The second-order valence-electron chi connectivity index (χ2n) is 5.87. The normalized spacial score (nSPS) is 15.0. The zero-order valence-electron chi connectivity index (χ0n) is 12.5. The highest BCUT2D eigenvalue weighted by atomic mass is 16.6. The van der Waals surface area contributed by atoms with Gasteiger partial charge in [0.1, 0.15) is 17.5 Å². The van der Waals surface area contributed by atoms with Crippen LogP contribution in [0.2, 0.25) is 0 Å². The number of ether oxygens (including phenoxy) is 1. The molecule has 1 fully saturated rings. The molecule has 2 heterocycles. The van der Waals surface area contributed by atoms with E-state index in [1.54, 1.807) is 17.0 Å². The van der Waals surface area contributed by atoms with Crippen molar-refractivity contribution in [1.82, 2.24) is 9.88 Å². The van der Waals surface area contributed by atoms with E-state index in [4.69, 9.17) is 15.7 Å². The van der Waals surface area contributed by atoms with E-state index in [9.17, 15) is 4.79 Å². The first kappa shape index (κ1) is 14.9. The van der Waals surface area contributed by atoms with Crippen LogP contribution in [-0.4, -0.2) is 41.3 Å². The van der Waals surface area contributed by atoms with Crippen molar-refractivity contribution >= 4 is 17.6 Å². The minimum Gasteiger partial charge on any atom is -0.444 e. The molecule has 0 spiro atoms. The van der Waals surface area contributed by atoms with Crippen molar-refractivity contribution in [2.45, 2.75) is 26.4 Å². The van der Waals surface area contributed by atoms with Crippen molar-refractivity contribution in [2.24, 2.45) is 0 Å². The first-order chi connectivity index (χ1) is 9.80. The molecule has 2 rings (SSSR count). The third-order valence-electron chi connectivity index (χ3n) is 2.97. The van der Waals surface area contributed by atoms with Gasteiger partial charge in [0.2, 0.25) is 0 Å². The summed E-state index contributed by atoms with van der Waals surface area (Å²) in [4.78, 5) is 19.7. The van der Waals surface area contributed by atoms with Crippen LogP contribution in [0.5, 0.6) is 0 Å². The highest BCUT2D eigenvalue weighted by molar-refractivity contribution is 5.69. The first-order valence-electron chi connectivity index (χ1n) is 6.69. The van der Waals surface area contributed by atoms with Crippen LogP contribution in [0.3, 0.4) is 0 Å². The maximum absolute atomic E-state index is 12.0. The number of hydrogen-bond donors (Lipinski definition) is 1. The molecule has 0 aromatic carbocycles. The lowest BCUT2D eigenvalue weighted by Crippen LogP contribution is -2.36. The summed E-state index contributed by atoms with van der Waals surface area (Å²) < 4.78 is 5.34. The largest absolute Gasteiger partial charge is 0.444 e. The quantitative estimate of drug-likeness (QED) is 0.842. The molecule has 21 heavy (non-hydrogen) atoms. The summed E-state index contributed by atoms with van der Waals surface area (Å²) in [6, 6.07) is 5.35. The smallest absolute Gasteiger partial charge is 0.411 e. The fourth-order valence-electron chi connectivity index (χ4n) is 1.98. The molecule has 0 radical (unpaired) electrons. The lowest BCUT2D eigenvalue weighted by atomic mass is 10.2. The van der Waals surface area contributed by atoms with Gasteiger partial charge >= 0.3 is 6.09 Å². The standard InChI is InChI=1S/C14H19N5O2/c1-14(2,3)21-13(20)19-7-6-18(9-19)12-5-4-10(16)11(8-15)17-12/h4-5H,6-7,9,16H2,1-3H3. The van der Waals surface area contributed by atoms with Crippen LogP contribution < -0.4 is 10.6 Å². The average Bonchev–Trinajstić information content (AvgIpc) is 2.87. The van der Waals surface area contributed by atoms with Gasteiger partial charge in [-0.25, -0.2) is 9.78 Å². The fourth-order valence-corrected chi connectivity index (χ4v) is 1.98. The van der Waals surface area contributed by atoms with Gasteiger partial charge in [-0.3, -0.25) is 4.90 Å². The van der Waals surface area contributed by atoms with Crippen molar-refractivity contribution < 1.29 is 9.53 Å². The predicted molar refractivity (Wildman–Crippen MR) is 78.5 cm³/mol. The molecule has 0 aliphatic carbocycles. The third kappa shape index (κ3) is 3.54. The molecule has 112 valence electrons. The van der Waals surface area contributed by atoms with Gasteiger partial charge in [0.15, 0.2) is 5.69 Å². The Morgan fingerprint density at radius 3 is 2.76 bits per heavy atom. The number of rotatable bonds is 1. The maximum Gasteiger partial charge on any atom is 0.411 e. The van der Waals surface area contributed by atoms with E-state index < -0.39 is 5.60 Å². The van der Waals surface area contributed by atoms with Crippen LogP contribution in [-0.2, 0) is 4.74 Å². The second-order valence-corrected chi connectivity index (χ2v) is 5.87. The molecular formula is C14H19N5O2. The number of amides is 1. The number of carbonyl (C=O) groups excluding carboxylic acids is 1. The Labute approximate surface area is 123 Å². The number of nitrogens with two attached hydrogens (primary N) is 1. The third-order valence-corrected chi connectivity index (χ3v) is 2.97. The van der Waals surface area contributed by atoms with Crippen molar-refractivity contribution in [2.75, 3.05) is 30.4 Å². The monoisotopic (exact) mass is 289 g/mol. The van der Waals surface area contributed by atoms with Crippen molar-refractivity contribution in [3.8, 4) is 6.07 Å². The SMILES string of the molecule is CC(C)(C)OC(=O)N1CCN(c2ccc(N)c(C#N)n2)C1. The van der Waals surface area contributed by atoms with Crippen molar-refractivity contribution in [3.05, 3.63) is 17.8 Å². The van der Waals surface area contributed by atoms with Gasteiger partial charge in [0.25, 0.3) is 0 Å². The van der Waals surface area contributed by atoms with E-state index >= 15 is 0 Å². The van der Waals surface area contributed by atoms with Crippen LogP contribution in [0.25, 0.3) is 0 Å². The lowest BCUT2D eigenvalue weighted by molar-refractivity contribution is 0.0297. The minimum atomic E-state index is -0.516. The molecule has 7 heteroatoms. The summed E-state index contributed by atoms with van der Waals surface area (Å²) in [6.45, 7) is 7.08. The second kappa shape index (κ2) is 5.48. The molecule has 0 bridgehead atoms. The summed E-state index contributed by atoms with van der Waals surface area (Å²) in [5.41, 5.74) is 5.69. The topological polar surface area (TPSA) is 95.5 Å². The van der Waals surface area contributed by atoms with Gasteiger partial charge in [-0.1, -0.05) is 0 Å². The van der Waals surface area contributed by atoms with Gasteiger partial charge in [-0.2, -0.15) is 5.26 Å². The van der Waals surface area contributed by atoms with E-state index in [-0.39, 0.29) is 11.8 Å². The molecule has 0 saturated carbocycles. The van der Waals surface area contributed by atoms with Crippen molar-refractivity contribution in [1.29, 1.82) is 5.26 Å². The Kier molecular flexibility index (Phi) is 3.89. The van der Waals surface area contributed by atoms with E-state index in [0.29, 0.717) is 31.3 Å². The lowest BCUT2D eigenvalue weighted by Gasteiger charge is -2.24. The molecule has 7 nitrogen and oxygen atoms in total. The van der Waals surface area contributed by atoms with Gasteiger partial charge in [-0.05, 0) is 32.9 Å². The van der Waals surface area contributed by atoms with Crippen LogP contribution >= 0.6 is 0 Å². The van der Waals surface area contributed by atoms with E-state index in [1.807, 2.05) is 31.7 Å². The highest BCUT2D eigenvalue weighted by Crippen LogP contribution is 2.20. The van der Waals surface area contributed by atoms with E-state index in [2.05, 4.69) is 4.98 Å². The maximum atomic E-state index is 12.0. The number of carbonyl (C=O) groups is 1. The Balaban J connectivity index is 2.06. The van der Waals surface area contributed by atoms with Gasteiger partial charge < -0.3 is 15.4 Å². The molecule has 0 unspecified atom stereocenters. The molecule has 1 aliphatic heterocycles. The zero-order valence-corrected chi connectivity index (χ0v) is 12.5. The predicted octanol–water partition coefficient (Wildman–Crippen LogP) is 1.55. The Hall–Kier alpha value is -2.49. The molecule has 2 N–H and O–H groups in total. The summed E-state index contributed by atoms with van der Waals surface area (Å²) in [5.74, 6) is 0.631. The van der Waals surface area contributed by atoms with Crippen LogP contribution in [0.4, 0.5) is 16.3 Å². The Morgan fingerprint density at radius 1 is 1.43 bits per heavy atom. The number of aromatic nitrogens is 1. The molecule has 1 aliphatic rings. The minimum absolute atomic E-state index is 0.197. The summed E-state index contributed by atoms with van der Waals surface area (Å²) in [6.07, 6.45) is -0.346. The molecule has 1 amide bonds. The summed E-state index contributed by atoms with van der Waals surface area (Å²) in [7, 11) is 0. The number of nitrogens with zero attached hydrogens (tertiary/aromatic N) is 4.